The van der Waals surface area contributed by atoms with Crippen molar-refractivity contribution in [1.29, 1.82) is 0 Å². The maximum Gasteiger partial charge on any atom is 0.0346 e. The van der Waals surface area contributed by atoms with Gasteiger partial charge < -0.3 is 0 Å². The summed E-state index contributed by atoms with van der Waals surface area (Å²) in [6, 6.07) is 6.96. The van der Waals surface area contributed by atoms with Crippen molar-refractivity contribution < 1.29 is 0 Å². The molecule has 0 N–H and O–H groups in total. The summed E-state index contributed by atoms with van der Waals surface area (Å²) >= 11 is 0. The molecule has 0 unspecified atom stereocenters. The molecule has 1 nitrogen and oxygen atoms in total. The predicted octanol–water partition coefficient (Wildman–Crippen LogP) is 5.81. The van der Waals surface area contributed by atoms with Crippen LogP contribution >= 0.6 is 0 Å². The van der Waals surface area contributed by atoms with Gasteiger partial charge in [-0.05, 0) is 79.0 Å². The van der Waals surface area contributed by atoms with Crippen molar-refractivity contribution in [2.75, 3.05) is 0 Å². The van der Waals surface area contributed by atoms with Crippen molar-refractivity contribution in [3.05, 3.63) is 70.6 Å². The van der Waals surface area contributed by atoms with E-state index in [9.17, 15) is 0 Å². The Labute approximate surface area is 140 Å². The van der Waals surface area contributed by atoms with Crippen LogP contribution in [0.2, 0.25) is 0 Å². The monoisotopic (exact) mass is 305 g/mol. The van der Waals surface area contributed by atoms with E-state index in [1.165, 1.54) is 66.3 Å². The summed E-state index contributed by atoms with van der Waals surface area (Å²) in [5, 5.41) is 0. The topological polar surface area (TPSA) is 12.9 Å². The van der Waals surface area contributed by atoms with Crippen LogP contribution in [-0.2, 0) is 12.8 Å². The molecule has 120 valence electrons. The highest BCUT2D eigenvalue weighted by Gasteiger charge is 2.11. The first-order chi connectivity index (χ1) is 11.1. The third-order valence-corrected chi connectivity index (χ3v) is 5.06. The van der Waals surface area contributed by atoms with Gasteiger partial charge in [-0.15, -0.1) is 0 Å². The van der Waals surface area contributed by atoms with Gasteiger partial charge in [0.25, 0.3) is 0 Å². The molecule has 1 aromatic heterocycles. The molecule has 1 heterocycles. The Morgan fingerprint density at radius 1 is 0.826 bits per heavy atom. The van der Waals surface area contributed by atoms with Gasteiger partial charge in [0, 0.05) is 18.0 Å². The zero-order valence-corrected chi connectivity index (χ0v) is 14.5. The Morgan fingerprint density at radius 2 is 1.57 bits per heavy atom. The molecule has 0 spiro atoms. The number of aromatic nitrogens is 1. The molecule has 0 atom stereocenters. The molecular weight excluding hydrogens is 278 g/mol. The first-order valence-electron chi connectivity index (χ1n) is 8.89. The average Bonchev–Trinajstić information content (AvgIpc) is 2.54. The molecule has 0 saturated carbocycles. The van der Waals surface area contributed by atoms with E-state index < -0.39 is 0 Å². The van der Waals surface area contributed by atoms with Crippen molar-refractivity contribution in [2.24, 2.45) is 0 Å². The molecule has 1 aliphatic carbocycles. The Bertz CT molecular complexity index is 712. The van der Waals surface area contributed by atoms with E-state index in [0.29, 0.717) is 0 Å². The summed E-state index contributed by atoms with van der Waals surface area (Å²) in [5.41, 5.74) is 9.10. The highest BCUT2D eigenvalue weighted by molar-refractivity contribution is 5.80. The molecule has 0 fully saturated rings. The standard InChI is InChI=1S/C22H27N/c1-16-11-17(2)22-13-20(16)10-8-6-4-5-7-9-19-12-21(18(22)3)15-23-14-19/h11-15H,3-10H2,1-2H3. The van der Waals surface area contributed by atoms with Crippen molar-refractivity contribution in [1.82, 2.24) is 4.98 Å². The SMILES string of the molecule is C=C1c2cncc(c2)CCCCCCCc2cc1c(C)cc2C. The number of fused-ring (bicyclic) bond motifs is 4. The van der Waals surface area contributed by atoms with E-state index >= 15 is 0 Å². The second-order valence-electron chi connectivity index (χ2n) is 6.92. The molecule has 0 saturated heterocycles. The lowest BCUT2D eigenvalue weighted by molar-refractivity contribution is 0.612. The highest BCUT2D eigenvalue weighted by atomic mass is 14.6. The van der Waals surface area contributed by atoms with E-state index in [1.54, 1.807) is 0 Å². The van der Waals surface area contributed by atoms with Gasteiger partial charge in [0.05, 0.1) is 0 Å². The van der Waals surface area contributed by atoms with Gasteiger partial charge in [0.1, 0.15) is 0 Å². The van der Waals surface area contributed by atoms with Gasteiger partial charge in [-0.2, -0.15) is 0 Å². The summed E-state index contributed by atoms with van der Waals surface area (Å²) in [4.78, 5) is 4.45. The summed E-state index contributed by atoms with van der Waals surface area (Å²) in [6.45, 7) is 8.81. The summed E-state index contributed by atoms with van der Waals surface area (Å²) in [6.07, 6.45) is 12.8. The van der Waals surface area contributed by atoms with Gasteiger partial charge in [0.15, 0.2) is 0 Å². The minimum atomic E-state index is 1.11. The normalized spacial score (nSPS) is 16.0. The maximum atomic E-state index is 4.45. The first kappa shape index (κ1) is 16.0. The first-order valence-corrected chi connectivity index (χ1v) is 8.89. The van der Waals surface area contributed by atoms with E-state index in [0.717, 1.165) is 17.6 Å². The van der Waals surface area contributed by atoms with Crippen LogP contribution in [0.5, 0.6) is 0 Å². The van der Waals surface area contributed by atoms with Crippen LogP contribution in [-0.4, -0.2) is 4.98 Å². The molecule has 0 amide bonds. The van der Waals surface area contributed by atoms with Crippen LogP contribution in [0, 0.1) is 13.8 Å². The van der Waals surface area contributed by atoms with Crippen LogP contribution in [0.4, 0.5) is 0 Å². The molecular formula is C22H27N. The minimum Gasteiger partial charge on any atom is -0.264 e. The molecule has 0 radical (unpaired) electrons. The quantitative estimate of drug-likeness (QED) is 0.598. The van der Waals surface area contributed by atoms with Crippen LogP contribution in [0.25, 0.3) is 5.57 Å². The van der Waals surface area contributed by atoms with E-state index in [1.807, 2.05) is 12.4 Å². The number of rotatable bonds is 0. The summed E-state index contributed by atoms with van der Waals surface area (Å²) in [5.74, 6) is 0. The van der Waals surface area contributed by atoms with Crippen molar-refractivity contribution in [3.63, 3.8) is 0 Å². The fourth-order valence-electron chi connectivity index (χ4n) is 3.61. The molecule has 23 heavy (non-hydrogen) atoms. The number of hydrogen-bond acceptors (Lipinski definition) is 1. The number of hydrogen-bond donors (Lipinski definition) is 0. The molecule has 4 bridgehead atoms. The van der Waals surface area contributed by atoms with Crippen LogP contribution in [0.3, 0.4) is 0 Å². The van der Waals surface area contributed by atoms with E-state index in [2.05, 4.69) is 43.6 Å². The lowest BCUT2D eigenvalue weighted by Gasteiger charge is -2.16. The smallest absolute Gasteiger partial charge is 0.0346 e. The van der Waals surface area contributed by atoms with Gasteiger partial charge in [-0.1, -0.05) is 38.0 Å². The van der Waals surface area contributed by atoms with Crippen LogP contribution < -0.4 is 0 Å². The zero-order chi connectivity index (χ0) is 16.2. The van der Waals surface area contributed by atoms with Crippen LogP contribution in [0.15, 0.2) is 37.2 Å². The van der Waals surface area contributed by atoms with Gasteiger partial charge >= 0.3 is 0 Å². The predicted molar refractivity (Wildman–Crippen MR) is 98.8 cm³/mol. The number of benzene rings is 1. The maximum absolute atomic E-state index is 4.45. The molecule has 0 aliphatic heterocycles. The van der Waals surface area contributed by atoms with Crippen molar-refractivity contribution in [2.45, 2.75) is 58.8 Å². The van der Waals surface area contributed by atoms with Crippen molar-refractivity contribution in [3.8, 4) is 0 Å². The Hall–Kier alpha value is -1.89. The third kappa shape index (κ3) is 3.72. The fourth-order valence-corrected chi connectivity index (χ4v) is 3.61. The van der Waals surface area contributed by atoms with Gasteiger partial charge in [0.2, 0.25) is 0 Å². The summed E-state index contributed by atoms with van der Waals surface area (Å²) in [7, 11) is 0. The summed E-state index contributed by atoms with van der Waals surface area (Å²) < 4.78 is 0. The Morgan fingerprint density at radius 3 is 2.39 bits per heavy atom. The van der Waals surface area contributed by atoms with E-state index in [-0.39, 0.29) is 0 Å². The molecule has 3 rings (SSSR count). The Kier molecular flexibility index (Phi) is 4.95. The number of aryl methyl sites for hydroxylation is 4. The van der Waals surface area contributed by atoms with Crippen LogP contribution in [0.1, 0.15) is 65.5 Å². The largest absolute Gasteiger partial charge is 0.264 e. The third-order valence-electron chi connectivity index (χ3n) is 5.06. The molecule has 2 aromatic rings. The minimum absolute atomic E-state index is 1.11. The molecule has 1 heteroatoms. The van der Waals surface area contributed by atoms with Crippen molar-refractivity contribution >= 4 is 5.57 Å². The number of nitrogens with zero attached hydrogens (tertiary/aromatic N) is 1. The highest BCUT2D eigenvalue weighted by Crippen LogP contribution is 2.28. The molecule has 1 aromatic carbocycles. The second-order valence-corrected chi connectivity index (χ2v) is 6.92. The average molecular weight is 305 g/mol. The second kappa shape index (κ2) is 7.12. The molecule has 1 aliphatic rings. The lowest BCUT2D eigenvalue weighted by Crippen LogP contribution is -1.99. The fraction of sp³-hybridized carbons (Fsp3) is 0.409. The van der Waals surface area contributed by atoms with Gasteiger partial charge in [-0.25, -0.2) is 0 Å². The lowest BCUT2D eigenvalue weighted by atomic mass is 9.90. The zero-order valence-electron chi connectivity index (χ0n) is 14.5. The number of pyridine rings is 1. The van der Waals surface area contributed by atoms with Gasteiger partial charge in [-0.3, -0.25) is 4.98 Å². The Balaban J connectivity index is 2.04. The van der Waals surface area contributed by atoms with E-state index in [4.69, 9.17) is 0 Å².